The number of amides is 2. The Kier molecular flexibility index (Phi) is 8.10. The van der Waals surface area contributed by atoms with E-state index in [9.17, 15) is 19.5 Å². The normalized spacial score (nSPS) is 12.9. The zero-order chi connectivity index (χ0) is 28.1. The number of carbonyl (C=O) groups is 3. The highest BCUT2D eigenvalue weighted by molar-refractivity contribution is 5.92. The summed E-state index contributed by atoms with van der Waals surface area (Å²) in [4.78, 5) is 41.7. The number of aromatic nitrogens is 1. The molecular formula is C31H31N3O6. The highest BCUT2D eigenvalue weighted by Gasteiger charge is 2.30. The second-order valence-corrected chi connectivity index (χ2v) is 9.82. The van der Waals surface area contributed by atoms with Crippen molar-refractivity contribution in [2.45, 2.75) is 44.6 Å². The molecule has 1 aliphatic rings. The Labute approximate surface area is 231 Å². The fraction of sp³-hybridized carbons (Fsp3) is 0.290. The monoisotopic (exact) mass is 541 g/mol. The molecule has 0 bridgehead atoms. The first-order valence-corrected chi connectivity index (χ1v) is 13.5. The molecule has 4 aromatic rings. The molecule has 0 saturated carbocycles. The van der Waals surface area contributed by atoms with Crippen molar-refractivity contribution < 1.29 is 28.6 Å². The zero-order valence-corrected chi connectivity index (χ0v) is 22.2. The lowest BCUT2D eigenvalue weighted by Crippen LogP contribution is -2.48. The number of nitrogens with zero attached hydrogens (tertiary/aromatic N) is 1. The van der Waals surface area contributed by atoms with Crippen molar-refractivity contribution in [1.29, 1.82) is 0 Å². The van der Waals surface area contributed by atoms with Gasteiger partial charge in [0, 0.05) is 12.5 Å². The molecule has 9 nitrogen and oxygen atoms in total. The fourth-order valence-electron chi connectivity index (χ4n) is 5.07. The Bertz CT molecular complexity index is 1500. The smallest absolute Gasteiger partial charge is 0.407 e. The minimum Gasteiger partial charge on any atom is -0.478 e. The minimum atomic E-state index is -1.08. The van der Waals surface area contributed by atoms with Crippen molar-refractivity contribution in [2.24, 2.45) is 0 Å². The number of alkyl carbamates (subject to hydrolysis) is 1. The lowest BCUT2D eigenvalue weighted by atomic mass is 9.98. The summed E-state index contributed by atoms with van der Waals surface area (Å²) in [5.74, 6) is -1.36. The average molecular weight is 542 g/mol. The molecule has 1 aromatic heterocycles. The van der Waals surface area contributed by atoms with Crippen LogP contribution in [0.4, 0.5) is 4.79 Å². The standard InChI is InChI=1S/C31H31N3O6/c1-2-3-8-15-32-29(35)26(17-28-33-25-16-19(30(36)37)13-14-27(25)40-28)34-31(38)39-18-24-22-11-6-4-9-20(22)21-10-5-7-12-23(21)24/h4-7,9-14,16,24,26H,2-3,8,15,17-18H2,1H3,(H,32,35)(H,34,38)(H,36,37). The van der Waals surface area contributed by atoms with Gasteiger partial charge in [0.1, 0.15) is 18.2 Å². The van der Waals surface area contributed by atoms with E-state index in [0.29, 0.717) is 17.6 Å². The van der Waals surface area contributed by atoms with Gasteiger partial charge in [-0.1, -0.05) is 68.3 Å². The zero-order valence-electron chi connectivity index (χ0n) is 22.2. The topological polar surface area (TPSA) is 131 Å². The first kappa shape index (κ1) is 26.9. The lowest BCUT2D eigenvalue weighted by molar-refractivity contribution is -0.123. The summed E-state index contributed by atoms with van der Waals surface area (Å²) in [5, 5.41) is 14.8. The van der Waals surface area contributed by atoms with Gasteiger partial charge in [-0.3, -0.25) is 4.79 Å². The van der Waals surface area contributed by atoms with Crippen LogP contribution in [-0.4, -0.2) is 47.3 Å². The average Bonchev–Trinajstić information content (AvgIpc) is 3.51. The van der Waals surface area contributed by atoms with E-state index in [1.54, 1.807) is 0 Å². The van der Waals surface area contributed by atoms with Gasteiger partial charge < -0.3 is 24.9 Å². The highest BCUT2D eigenvalue weighted by Crippen LogP contribution is 2.44. The van der Waals surface area contributed by atoms with Crippen LogP contribution >= 0.6 is 0 Å². The van der Waals surface area contributed by atoms with Crippen molar-refractivity contribution >= 4 is 29.1 Å². The van der Waals surface area contributed by atoms with Crippen LogP contribution < -0.4 is 10.6 Å². The van der Waals surface area contributed by atoms with E-state index in [-0.39, 0.29) is 36.3 Å². The van der Waals surface area contributed by atoms with Crippen molar-refractivity contribution in [3.63, 3.8) is 0 Å². The van der Waals surface area contributed by atoms with Gasteiger partial charge in [-0.25, -0.2) is 14.6 Å². The number of hydrogen-bond acceptors (Lipinski definition) is 6. The molecule has 0 spiro atoms. The molecule has 206 valence electrons. The van der Waals surface area contributed by atoms with Crippen LogP contribution in [0.3, 0.4) is 0 Å². The molecule has 0 aliphatic heterocycles. The lowest BCUT2D eigenvalue weighted by Gasteiger charge is -2.19. The van der Waals surface area contributed by atoms with Gasteiger partial charge in [0.2, 0.25) is 5.91 Å². The molecule has 3 aromatic carbocycles. The maximum Gasteiger partial charge on any atom is 0.407 e. The van der Waals surface area contributed by atoms with Gasteiger partial charge in [-0.15, -0.1) is 0 Å². The number of unbranched alkanes of at least 4 members (excludes halogenated alkanes) is 2. The molecule has 9 heteroatoms. The predicted octanol–water partition coefficient (Wildman–Crippen LogP) is 5.28. The minimum absolute atomic E-state index is 0.0269. The van der Waals surface area contributed by atoms with Crippen LogP contribution in [0.25, 0.3) is 22.2 Å². The van der Waals surface area contributed by atoms with Crippen LogP contribution in [0, 0.1) is 0 Å². The number of carboxylic acid groups (broad SMARTS) is 1. The van der Waals surface area contributed by atoms with E-state index >= 15 is 0 Å². The molecule has 0 saturated heterocycles. The predicted molar refractivity (Wildman–Crippen MR) is 149 cm³/mol. The number of benzene rings is 3. The number of aromatic carboxylic acids is 1. The van der Waals surface area contributed by atoms with E-state index in [4.69, 9.17) is 9.15 Å². The quantitative estimate of drug-likeness (QED) is 0.220. The van der Waals surface area contributed by atoms with Gasteiger partial charge in [-0.05, 0) is 46.9 Å². The molecule has 1 aliphatic carbocycles. The number of carboxylic acids is 1. The van der Waals surface area contributed by atoms with Crippen LogP contribution in [0.1, 0.15) is 59.5 Å². The molecule has 40 heavy (non-hydrogen) atoms. The summed E-state index contributed by atoms with van der Waals surface area (Å²) < 4.78 is 11.4. The molecule has 0 radical (unpaired) electrons. The van der Waals surface area contributed by atoms with Gasteiger partial charge in [-0.2, -0.15) is 0 Å². The first-order chi connectivity index (χ1) is 19.4. The number of ether oxygens (including phenoxy) is 1. The summed E-state index contributed by atoms with van der Waals surface area (Å²) in [7, 11) is 0. The third kappa shape index (κ3) is 5.83. The van der Waals surface area contributed by atoms with E-state index < -0.39 is 18.1 Å². The number of carbonyl (C=O) groups excluding carboxylic acids is 2. The number of hydrogen-bond donors (Lipinski definition) is 3. The maximum atomic E-state index is 13.1. The summed E-state index contributed by atoms with van der Waals surface area (Å²) in [6.45, 7) is 2.67. The Hall–Kier alpha value is -4.66. The molecule has 2 amide bonds. The van der Waals surface area contributed by atoms with Gasteiger partial charge >= 0.3 is 12.1 Å². The van der Waals surface area contributed by atoms with Gasteiger partial charge in [0.25, 0.3) is 0 Å². The molecule has 1 atom stereocenters. The van der Waals surface area contributed by atoms with Crippen molar-refractivity contribution in [2.75, 3.05) is 13.2 Å². The van der Waals surface area contributed by atoms with Crippen LogP contribution in [0.2, 0.25) is 0 Å². The van der Waals surface area contributed by atoms with Crippen molar-refractivity contribution in [3.05, 3.63) is 89.3 Å². The number of rotatable bonds is 11. The van der Waals surface area contributed by atoms with Crippen molar-refractivity contribution in [1.82, 2.24) is 15.6 Å². The summed E-state index contributed by atoms with van der Waals surface area (Å²) in [5.41, 5.74) is 5.26. The van der Waals surface area contributed by atoms with E-state index in [2.05, 4.69) is 34.7 Å². The molecule has 3 N–H and O–H groups in total. The Morgan fingerprint density at radius 1 is 1.00 bits per heavy atom. The van der Waals surface area contributed by atoms with E-state index in [1.807, 2.05) is 36.4 Å². The Morgan fingerprint density at radius 3 is 2.38 bits per heavy atom. The summed E-state index contributed by atoms with van der Waals surface area (Å²) >= 11 is 0. The highest BCUT2D eigenvalue weighted by atomic mass is 16.5. The van der Waals surface area contributed by atoms with Gasteiger partial charge in [0.15, 0.2) is 11.5 Å². The molecule has 1 heterocycles. The molecule has 5 rings (SSSR count). The van der Waals surface area contributed by atoms with Gasteiger partial charge in [0.05, 0.1) is 12.0 Å². The molecular weight excluding hydrogens is 510 g/mol. The third-order valence-corrected chi connectivity index (χ3v) is 7.09. The largest absolute Gasteiger partial charge is 0.478 e. The second-order valence-electron chi connectivity index (χ2n) is 9.82. The summed E-state index contributed by atoms with van der Waals surface area (Å²) in [6, 6.07) is 19.5. The maximum absolute atomic E-state index is 13.1. The van der Waals surface area contributed by atoms with Crippen LogP contribution in [-0.2, 0) is 16.0 Å². The number of fused-ring (bicyclic) bond motifs is 4. The van der Waals surface area contributed by atoms with Crippen LogP contribution in [0.5, 0.6) is 0 Å². The second kappa shape index (κ2) is 12.0. The third-order valence-electron chi connectivity index (χ3n) is 7.09. The molecule has 1 unspecified atom stereocenters. The fourth-order valence-corrected chi connectivity index (χ4v) is 5.07. The van der Waals surface area contributed by atoms with E-state index in [0.717, 1.165) is 41.5 Å². The molecule has 0 fully saturated rings. The Balaban J connectivity index is 1.29. The summed E-state index contributed by atoms with van der Waals surface area (Å²) in [6.07, 6.45) is 2.06. The SMILES string of the molecule is CCCCCNC(=O)C(Cc1nc2cc(C(=O)O)ccc2o1)NC(=O)OCC1c2ccccc2-c2ccccc21. The van der Waals surface area contributed by atoms with Crippen molar-refractivity contribution in [3.8, 4) is 11.1 Å². The number of nitrogens with one attached hydrogen (secondary N) is 2. The van der Waals surface area contributed by atoms with E-state index in [1.165, 1.54) is 18.2 Å². The first-order valence-electron chi connectivity index (χ1n) is 13.5. The Morgan fingerprint density at radius 2 is 1.70 bits per heavy atom. The van der Waals surface area contributed by atoms with Crippen LogP contribution in [0.15, 0.2) is 71.1 Å². The number of oxazole rings is 1.